The normalized spacial score (nSPS) is 20.3. The fourth-order valence-electron chi connectivity index (χ4n) is 7.06. The molecule has 0 unspecified atom stereocenters. The van der Waals surface area contributed by atoms with E-state index in [2.05, 4.69) is 9.97 Å². The average molecular weight is 687 g/mol. The van der Waals surface area contributed by atoms with Crippen LogP contribution in [0.4, 0.5) is 0 Å². The molecule has 1 N–H and O–H groups in total. The molecular formula is C35H38N6O5S2. The Labute approximate surface area is 283 Å². The van der Waals surface area contributed by atoms with E-state index in [-0.39, 0.29) is 41.2 Å². The van der Waals surface area contributed by atoms with Crippen molar-refractivity contribution in [2.75, 3.05) is 26.2 Å². The second kappa shape index (κ2) is 12.7. The van der Waals surface area contributed by atoms with Gasteiger partial charge in [0.25, 0.3) is 15.6 Å². The van der Waals surface area contributed by atoms with Crippen molar-refractivity contribution in [2.45, 2.75) is 48.5 Å². The number of fused-ring (bicyclic) bond motifs is 1. The van der Waals surface area contributed by atoms with Crippen LogP contribution < -0.4 is 5.56 Å². The molecule has 2 aliphatic rings. The predicted molar refractivity (Wildman–Crippen MR) is 184 cm³/mol. The third-order valence-corrected chi connectivity index (χ3v) is 13.4. The van der Waals surface area contributed by atoms with Crippen molar-refractivity contribution >= 4 is 38.3 Å². The standard InChI is InChI=1S/C35H38N6O5S2/c1-24-34(47-31(37-24)26-11-7-4-8-12-26)48(45,46)41-18-14-27(29(21-41)25-9-5-3-6-10-25)32(42)39-19-15-35(44,16-20-39)22-40-23-36-30-28(33(40)43)13-17-38(30)2/h3-13,17,23,27,29,44H,14-16,18-22H2,1-2H3/t27-,29+/m1/s1. The van der Waals surface area contributed by atoms with Gasteiger partial charge in [-0.2, -0.15) is 4.31 Å². The van der Waals surface area contributed by atoms with Crippen LogP contribution in [0.15, 0.2) is 88.3 Å². The van der Waals surface area contributed by atoms with Crippen LogP contribution in [0.5, 0.6) is 0 Å². The summed E-state index contributed by atoms with van der Waals surface area (Å²) in [5.41, 5.74) is 1.48. The molecule has 0 radical (unpaired) electrons. The highest BCUT2D eigenvalue weighted by Crippen LogP contribution is 2.39. The molecule has 11 nitrogen and oxygen atoms in total. The number of hydrogen-bond acceptors (Lipinski definition) is 8. The van der Waals surface area contributed by atoms with Gasteiger partial charge in [-0.1, -0.05) is 60.7 Å². The van der Waals surface area contributed by atoms with Crippen LogP contribution in [-0.2, 0) is 28.4 Å². The third kappa shape index (κ3) is 6.00. The van der Waals surface area contributed by atoms with E-state index in [9.17, 15) is 23.1 Å². The first-order valence-corrected chi connectivity index (χ1v) is 18.4. The van der Waals surface area contributed by atoms with E-state index in [0.29, 0.717) is 54.1 Å². The first kappa shape index (κ1) is 32.4. The lowest BCUT2D eigenvalue weighted by Crippen LogP contribution is -2.53. The van der Waals surface area contributed by atoms with Gasteiger partial charge in [-0.25, -0.2) is 18.4 Å². The van der Waals surface area contributed by atoms with E-state index in [1.807, 2.05) is 67.7 Å². The van der Waals surface area contributed by atoms with Crippen LogP contribution in [0.25, 0.3) is 21.6 Å². The van der Waals surface area contributed by atoms with E-state index in [4.69, 9.17) is 0 Å². The summed E-state index contributed by atoms with van der Waals surface area (Å²) < 4.78 is 33.1. The molecule has 2 aliphatic heterocycles. The minimum Gasteiger partial charge on any atom is -0.388 e. The number of aromatic nitrogens is 4. The van der Waals surface area contributed by atoms with Gasteiger partial charge in [-0.15, -0.1) is 11.3 Å². The van der Waals surface area contributed by atoms with E-state index in [1.54, 1.807) is 28.7 Å². The molecule has 7 rings (SSSR count). The van der Waals surface area contributed by atoms with Gasteiger partial charge in [-0.05, 0) is 37.8 Å². The lowest BCUT2D eigenvalue weighted by Gasteiger charge is -2.43. The summed E-state index contributed by atoms with van der Waals surface area (Å²) >= 11 is 1.18. The Kier molecular flexibility index (Phi) is 8.56. The van der Waals surface area contributed by atoms with Crippen molar-refractivity contribution in [3.05, 3.63) is 101 Å². The minimum absolute atomic E-state index is 0.0344. The molecule has 2 atom stereocenters. The molecule has 5 heterocycles. The molecule has 2 saturated heterocycles. The van der Waals surface area contributed by atoms with Gasteiger partial charge >= 0.3 is 0 Å². The number of aliphatic hydroxyl groups is 1. The lowest BCUT2D eigenvalue weighted by molar-refractivity contribution is -0.142. The summed E-state index contributed by atoms with van der Waals surface area (Å²) in [6, 6.07) is 20.9. The van der Waals surface area contributed by atoms with Crippen molar-refractivity contribution < 1.29 is 18.3 Å². The van der Waals surface area contributed by atoms with Crippen LogP contribution in [-0.4, -0.2) is 79.5 Å². The summed E-state index contributed by atoms with van der Waals surface area (Å²) in [5.74, 6) is -0.792. The SMILES string of the molecule is Cc1nc(-c2ccccc2)sc1S(=O)(=O)N1CC[C@@H](C(=O)N2CCC(O)(Cn3cnc4c(ccn4C)c3=O)CC2)[C@H](c2ccccc2)C1. The van der Waals surface area contributed by atoms with Crippen molar-refractivity contribution in [2.24, 2.45) is 13.0 Å². The number of carbonyl (C=O) groups excluding carboxylic acids is 1. The number of sulfonamides is 1. The smallest absolute Gasteiger partial charge is 0.262 e. The Balaban J connectivity index is 1.07. The number of amides is 1. The van der Waals surface area contributed by atoms with Crippen molar-refractivity contribution in [1.82, 2.24) is 28.3 Å². The molecule has 1 amide bonds. The van der Waals surface area contributed by atoms with Gasteiger partial charge in [0.1, 0.15) is 17.0 Å². The zero-order valence-corrected chi connectivity index (χ0v) is 28.5. The Bertz CT molecular complexity index is 2120. The van der Waals surface area contributed by atoms with Gasteiger partial charge in [-0.3, -0.25) is 14.2 Å². The predicted octanol–water partition coefficient (Wildman–Crippen LogP) is 4.02. The van der Waals surface area contributed by atoms with Crippen LogP contribution in [0, 0.1) is 12.8 Å². The first-order chi connectivity index (χ1) is 23.0. The highest BCUT2D eigenvalue weighted by Gasteiger charge is 2.44. The summed E-state index contributed by atoms with van der Waals surface area (Å²) in [7, 11) is -2.03. The highest BCUT2D eigenvalue weighted by atomic mass is 32.2. The third-order valence-electron chi connectivity index (χ3n) is 9.79. The number of likely N-dealkylation sites (tertiary alicyclic amines) is 1. The quantitative estimate of drug-likeness (QED) is 0.274. The van der Waals surface area contributed by atoms with Gasteiger partial charge < -0.3 is 14.6 Å². The van der Waals surface area contributed by atoms with Gasteiger partial charge in [0, 0.05) is 56.8 Å². The largest absolute Gasteiger partial charge is 0.388 e. The lowest BCUT2D eigenvalue weighted by atomic mass is 9.80. The maximum absolute atomic E-state index is 14.2. The molecule has 13 heteroatoms. The molecule has 0 saturated carbocycles. The molecule has 0 aliphatic carbocycles. The van der Waals surface area contributed by atoms with E-state index in [1.165, 1.54) is 26.5 Å². The van der Waals surface area contributed by atoms with Crippen LogP contribution in [0.2, 0.25) is 0 Å². The highest BCUT2D eigenvalue weighted by molar-refractivity contribution is 7.91. The molecule has 0 spiro atoms. The monoisotopic (exact) mass is 686 g/mol. The molecule has 250 valence electrons. The van der Waals surface area contributed by atoms with Gasteiger partial charge in [0.05, 0.1) is 23.2 Å². The summed E-state index contributed by atoms with van der Waals surface area (Å²) in [4.78, 5) is 38.0. The Morgan fingerprint density at radius 3 is 2.42 bits per heavy atom. The maximum Gasteiger partial charge on any atom is 0.262 e. The molecule has 5 aromatic rings. The van der Waals surface area contributed by atoms with Crippen molar-refractivity contribution in [3.8, 4) is 10.6 Å². The fourth-order valence-corrected chi connectivity index (χ4v) is 10.2. The molecule has 0 bridgehead atoms. The van der Waals surface area contributed by atoms with Gasteiger partial charge in [0.15, 0.2) is 4.21 Å². The number of carbonyl (C=O) groups is 1. The van der Waals surface area contributed by atoms with Crippen molar-refractivity contribution in [1.29, 1.82) is 0 Å². The Morgan fingerprint density at radius 1 is 1.02 bits per heavy atom. The fraction of sp³-hybridized carbons (Fsp3) is 0.371. The number of rotatable bonds is 7. The van der Waals surface area contributed by atoms with Gasteiger partial charge in [0.2, 0.25) is 5.91 Å². The number of nitrogens with zero attached hydrogens (tertiary/aromatic N) is 6. The maximum atomic E-state index is 14.2. The molecule has 2 aromatic carbocycles. The topological polar surface area (TPSA) is 131 Å². The minimum atomic E-state index is -3.86. The zero-order valence-electron chi connectivity index (χ0n) is 26.9. The first-order valence-electron chi connectivity index (χ1n) is 16.1. The van der Waals surface area contributed by atoms with E-state index < -0.39 is 21.5 Å². The molecule has 3 aromatic heterocycles. The van der Waals surface area contributed by atoms with E-state index >= 15 is 0 Å². The number of hydrogen-bond donors (Lipinski definition) is 1. The van der Waals surface area contributed by atoms with Crippen LogP contribution >= 0.6 is 11.3 Å². The summed E-state index contributed by atoms with van der Waals surface area (Å²) in [6.45, 7) is 2.90. The molecule has 48 heavy (non-hydrogen) atoms. The molecule has 2 fully saturated rings. The Hall–Kier alpha value is -4.17. The van der Waals surface area contributed by atoms with Crippen LogP contribution in [0.1, 0.15) is 36.4 Å². The number of piperidine rings is 2. The number of benzene rings is 2. The number of aryl methyl sites for hydroxylation is 2. The summed E-state index contributed by atoms with van der Waals surface area (Å²) in [6.07, 6.45) is 4.26. The van der Waals surface area contributed by atoms with Crippen molar-refractivity contribution in [3.63, 3.8) is 0 Å². The second-order valence-corrected chi connectivity index (χ2v) is 16.1. The second-order valence-electron chi connectivity index (χ2n) is 12.9. The number of thiazole rings is 1. The average Bonchev–Trinajstić information content (AvgIpc) is 3.69. The van der Waals surface area contributed by atoms with Crippen LogP contribution in [0.3, 0.4) is 0 Å². The Morgan fingerprint density at radius 2 is 1.71 bits per heavy atom. The summed E-state index contributed by atoms with van der Waals surface area (Å²) in [5, 5.41) is 12.6. The van der Waals surface area contributed by atoms with E-state index in [0.717, 1.165) is 11.1 Å². The molecular weight excluding hydrogens is 649 g/mol. The zero-order chi connectivity index (χ0) is 33.6.